The first kappa shape index (κ1) is 19.4. The summed E-state index contributed by atoms with van der Waals surface area (Å²) in [4.78, 5) is 25.6. The maximum absolute atomic E-state index is 12.4. The quantitative estimate of drug-likeness (QED) is 0.639. The van der Waals surface area contributed by atoms with Gasteiger partial charge in [0, 0.05) is 36.0 Å². The Kier molecular flexibility index (Phi) is 4.98. The fourth-order valence-corrected chi connectivity index (χ4v) is 4.64. The van der Waals surface area contributed by atoms with E-state index in [1.165, 1.54) is 0 Å². The second kappa shape index (κ2) is 7.17. The van der Waals surface area contributed by atoms with Crippen molar-refractivity contribution in [2.24, 2.45) is 5.41 Å². The topological polar surface area (TPSA) is 58.6 Å². The third-order valence-corrected chi connectivity index (χ3v) is 6.28. The van der Waals surface area contributed by atoms with Crippen molar-refractivity contribution in [2.75, 3.05) is 31.1 Å². The maximum atomic E-state index is 12.4. The Bertz CT molecular complexity index is 888. The third-order valence-electron chi connectivity index (χ3n) is 5.79. The SMILES string of the molecule is CC(C)(C)OC(=O)N1CCC2(CC1)CCN(c1ncnc3ccc(Br)cc13)C2. The van der Waals surface area contributed by atoms with E-state index < -0.39 is 5.60 Å². The number of fused-ring (bicyclic) bond motifs is 1. The van der Waals surface area contributed by atoms with Crippen LogP contribution in [0.5, 0.6) is 0 Å². The Morgan fingerprint density at radius 1 is 1.14 bits per heavy atom. The number of aromatic nitrogens is 2. The minimum atomic E-state index is -0.446. The van der Waals surface area contributed by atoms with Gasteiger partial charge in [-0.15, -0.1) is 0 Å². The van der Waals surface area contributed by atoms with Crippen molar-refractivity contribution in [3.8, 4) is 0 Å². The van der Waals surface area contributed by atoms with E-state index in [2.05, 4.69) is 36.9 Å². The number of ether oxygens (including phenoxy) is 1. The minimum absolute atomic E-state index is 0.191. The molecule has 6 nitrogen and oxygen atoms in total. The molecule has 0 unspecified atom stereocenters. The average molecular weight is 447 g/mol. The number of carbonyl (C=O) groups excluding carboxylic acids is 1. The molecule has 2 aliphatic rings. The molecule has 7 heteroatoms. The van der Waals surface area contributed by atoms with E-state index in [0.29, 0.717) is 0 Å². The second-order valence-corrected chi connectivity index (χ2v) is 9.91. The molecule has 0 N–H and O–H groups in total. The van der Waals surface area contributed by atoms with E-state index in [9.17, 15) is 4.79 Å². The number of rotatable bonds is 1. The van der Waals surface area contributed by atoms with Gasteiger partial charge in [0.05, 0.1) is 5.52 Å². The van der Waals surface area contributed by atoms with E-state index in [1.807, 2.05) is 37.8 Å². The van der Waals surface area contributed by atoms with Gasteiger partial charge in [0.2, 0.25) is 0 Å². The summed E-state index contributed by atoms with van der Waals surface area (Å²) in [7, 11) is 0. The largest absolute Gasteiger partial charge is 0.444 e. The van der Waals surface area contributed by atoms with Crippen LogP contribution in [0.15, 0.2) is 29.0 Å². The molecule has 1 amide bonds. The maximum Gasteiger partial charge on any atom is 0.410 e. The number of hydrogen-bond acceptors (Lipinski definition) is 5. The van der Waals surface area contributed by atoms with Crippen LogP contribution in [0.2, 0.25) is 0 Å². The molecule has 1 aromatic carbocycles. The van der Waals surface area contributed by atoms with E-state index in [0.717, 1.165) is 66.6 Å². The lowest BCUT2D eigenvalue weighted by Crippen LogP contribution is -2.46. The molecule has 28 heavy (non-hydrogen) atoms. The predicted octanol–water partition coefficient (Wildman–Crippen LogP) is 4.62. The first-order valence-electron chi connectivity index (χ1n) is 9.88. The number of nitrogens with zero attached hydrogens (tertiary/aromatic N) is 4. The fourth-order valence-electron chi connectivity index (χ4n) is 4.28. The molecule has 0 bridgehead atoms. The van der Waals surface area contributed by atoms with Gasteiger partial charge in [-0.1, -0.05) is 15.9 Å². The monoisotopic (exact) mass is 446 g/mol. The molecule has 0 saturated carbocycles. The summed E-state index contributed by atoms with van der Waals surface area (Å²) in [6.45, 7) is 9.23. The number of anilines is 1. The molecule has 2 saturated heterocycles. The number of benzene rings is 1. The van der Waals surface area contributed by atoms with Crippen LogP contribution in [0.1, 0.15) is 40.0 Å². The van der Waals surface area contributed by atoms with Crippen molar-refractivity contribution in [2.45, 2.75) is 45.6 Å². The van der Waals surface area contributed by atoms with Gasteiger partial charge in [-0.25, -0.2) is 14.8 Å². The summed E-state index contributed by atoms with van der Waals surface area (Å²) in [5.41, 5.74) is 0.773. The Balaban J connectivity index is 1.46. The second-order valence-electron chi connectivity index (χ2n) is 9.00. The minimum Gasteiger partial charge on any atom is -0.444 e. The zero-order valence-electron chi connectivity index (χ0n) is 16.7. The lowest BCUT2D eigenvalue weighted by Gasteiger charge is -2.39. The first-order chi connectivity index (χ1) is 13.2. The average Bonchev–Trinajstić information content (AvgIpc) is 3.03. The van der Waals surface area contributed by atoms with Crippen LogP contribution in [0, 0.1) is 5.41 Å². The Morgan fingerprint density at radius 2 is 1.86 bits per heavy atom. The van der Waals surface area contributed by atoms with Crippen LogP contribution in [0.3, 0.4) is 0 Å². The van der Waals surface area contributed by atoms with Crippen molar-refractivity contribution < 1.29 is 9.53 Å². The van der Waals surface area contributed by atoms with Crippen molar-refractivity contribution in [3.63, 3.8) is 0 Å². The molecule has 150 valence electrons. The number of hydrogen-bond donors (Lipinski definition) is 0. The molecule has 3 heterocycles. The van der Waals surface area contributed by atoms with Gasteiger partial charge in [-0.3, -0.25) is 0 Å². The third kappa shape index (κ3) is 3.95. The Labute approximate surface area is 174 Å². The molecule has 2 fully saturated rings. The number of likely N-dealkylation sites (tertiary alicyclic amines) is 1. The van der Waals surface area contributed by atoms with Crippen molar-refractivity contribution in [1.82, 2.24) is 14.9 Å². The highest BCUT2D eigenvalue weighted by molar-refractivity contribution is 9.10. The molecule has 0 atom stereocenters. The molecule has 2 aliphatic heterocycles. The molecular formula is C21H27BrN4O2. The van der Waals surface area contributed by atoms with Gasteiger partial charge in [-0.2, -0.15) is 0 Å². The van der Waals surface area contributed by atoms with Crippen LogP contribution < -0.4 is 4.90 Å². The van der Waals surface area contributed by atoms with E-state index in [1.54, 1.807) is 6.33 Å². The summed E-state index contributed by atoms with van der Waals surface area (Å²) in [6, 6.07) is 6.13. The smallest absolute Gasteiger partial charge is 0.410 e. The summed E-state index contributed by atoms with van der Waals surface area (Å²) in [5.74, 6) is 1.01. The molecule has 1 spiro atoms. The Hall–Kier alpha value is -1.89. The van der Waals surface area contributed by atoms with E-state index in [-0.39, 0.29) is 11.5 Å². The highest BCUT2D eigenvalue weighted by Gasteiger charge is 2.42. The zero-order valence-corrected chi connectivity index (χ0v) is 18.3. The lowest BCUT2D eigenvalue weighted by atomic mass is 9.78. The molecular weight excluding hydrogens is 420 g/mol. The van der Waals surface area contributed by atoms with Crippen LogP contribution >= 0.6 is 15.9 Å². The van der Waals surface area contributed by atoms with Gasteiger partial charge in [0.1, 0.15) is 17.7 Å². The molecule has 1 aromatic heterocycles. The van der Waals surface area contributed by atoms with Gasteiger partial charge < -0.3 is 14.5 Å². The van der Waals surface area contributed by atoms with Crippen molar-refractivity contribution in [3.05, 3.63) is 29.0 Å². The summed E-state index contributed by atoms with van der Waals surface area (Å²) in [6.07, 6.45) is 4.62. The number of carbonyl (C=O) groups is 1. The summed E-state index contributed by atoms with van der Waals surface area (Å²) >= 11 is 3.56. The van der Waals surface area contributed by atoms with Crippen LogP contribution in [0.25, 0.3) is 10.9 Å². The molecule has 4 rings (SSSR count). The summed E-state index contributed by atoms with van der Waals surface area (Å²) in [5, 5.41) is 1.08. The van der Waals surface area contributed by atoms with Gasteiger partial charge in [0.15, 0.2) is 0 Å². The van der Waals surface area contributed by atoms with E-state index >= 15 is 0 Å². The standard InChI is InChI=1S/C21H27BrN4O2/c1-20(2,3)28-19(27)25-9-6-21(7-10-25)8-11-26(13-21)18-16-12-15(22)4-5-17(16)23-14-24-18/h4-5,12,14H,6-11,13H2,1-3H3. The lowest BCUT2D eigenvalue weighted by molar-refractivity contribution is 0.0122. The zero-order chi connectivity index (χ0) is 19.9. The molecule has 0 aliphatic carbocycles. The van der Waals surface area contributed by atoms with Gasteiger partial charge in [-0.05, 0) is 63.6 Å². The van der Waals surface area contributed by atoms with Gasteiger partial charge >= 0.3 is 6.09 Å². The number of amides is 1. The van der Waals surface area contributed by atoms with Gasteiger partial charge in [0.25, 0.3) is 0 Å². The normalized spacial score (nSPS) is 19.4. The first-order valence-corrected chi connectivity index (χ1v) is 10.7. The Morgan fingerprint density at radius 3 is 2.57 bits per heavy atom. The highest BCUT2D eigenvalue weighted by atomic mass is 79.9. The molecule has 0 radical (unpaired) electrons. The predicted molar refractivity (Wildman–Crippen MR) is 114 cm³/mol. The number of halogens is 1. The molecule has 2 aromatic rings. The van der Waals surface area contributed by atoms with E-state index in [4.69, 9.17) is 4.74 Å². The van der Waals surface area contributed by atoms with Crippen molar-refractivity contribution >= 4 is 38.7 Å². The summed E-state index contributed by atoms with van der Waals surface area (Å²) < 4.78 is 6.57. The highest BCUT2D eigenvalue weighted by Crippen LogP contribution is 2.42. The van der Waals surface area contributed by atoms with Crippen LogP contribution in [-0.4, -0.2) is 52.7 Å². The van der Waals surface area contributed by atoms with Crippen LogP contribution in [-0.2, 0) is 4.74 Å². The van der Waals surface area contributed by atoms with Crippen molar-refractivity contribution in [1.29, 1.82) is 0 Å². The van der Waals surface area contributed by atoms with Crippen LogP contribution in [0.4, 0.5) is 10.6 Å². The fraction of sp³-hybridized carbons (Fsp3) is 0.571. The number of piperidine rings is 1.